The first-order chi connectivity index (χ1) is 8.74. The van der Waals surface area contributed by atoms with E-state index in [1.165, 1.54) is 0 Å². The number of nitrogens with one attached hydrogen (secondary N) is 1. The number of aryl methyl sites for hydroxylation is 1. The molecule has 0 atom stereocenters. The smallest absolute Gasteiger partial charge is 0.154 e. The van der Waals surface area contributed by atoms with Crippen LogP contribution in [0.5, 0.6) is 11.5 Å². The van der Waals surface area contributed by atoms with Crippen molar-refractivity contribution in [2.24, 2.45) is 0 Å². The molecule has 1 aromatic carbocycles. The first-order valence-corrected chi connectivity index (χ1v) is 5.98. The number of aromatic nitrogens is 2. The normalized spacial score (nSPS) is 10.8. The van der Waals surface area contributed by atoms with Crippen LogP contribution in [0.3, 0.4) is 0 Å². The fraction of sp³-hybridized carbons (Fsp3) is 0.0714. The van der Waals surface area contributed by atoms with Crippen LogP contribution in [0.4, 0.5) is 0 Å². The molecule has 3 nitrogen and oxygen atoms in total. The number of halogens is 1. The molecule has 0 unspecified atom stereocenters. The second-order valence-corrected chi connectivity index (χ2v) is 4.49. The van der Waals surface area contributed by atoms with Gasteiger partial charge in [0.05, 0.1) is 10.5 Å². The van der Waals surface area contributed by atoms with Crippen LogP contribution >= 0.6 is 11.6 Å². The van der Waals surface area contributed by atoms with Crippen LogP contribution in [0.15, 0.2) is 42.7 Å². The minimum absolute atomic E-state index is 0.603. The first kappa shape index (κ1) is 11.1. The lowest BCUT2D eigenvalue weighted by Gasteiger charge is -2.08. The molecule has 2 heterocycles. The van der Waals surface area contributed by atoms with Crippen molar-refractivity contribution >= 4 is 22.6 Å². The Kier molecular flexibility index (Phi) is 2.68. The monoisotopic (exact) mass is 258 g/mol. The molecular formula is C14H11ClN2O. The quantitative estimate of drug-likeness (QED) is 0.743. The second kappa shape index (κ2) is 4.35. The maximum atomic E-state index is 6.15. The van der Waals surface area contributed by atoms with E-state index in [0.717, 1.165) is 22.3 Å². The minimum Gasteiger partial charge on any atom is -0.453 e. The Labute approximate surface area is 109 Å². The van der Waals surface area contributed by atoms with Crippen molar-refractivity contribution in [3.8, 4) is 11.5 Å². The van der Waals surface area contributed by atoms with E-state index in [-0.39, 0.29) is 0 Å². The number of hydrogen-bond donors (Lipinski definition) is 1. The van der Waals surface area contributed by atoms with Crippen LogP contribution in [0.25, 0.3) is 11.0 Å². The van der Waals surface area contributed by atoms with E-state index in [1.807, 2.05) is 43.5 Å². The topological polar surface area (TPSA) is 37.9 Å². The summed E-state index contributed by atoms with van der Waals surface area (Å²) in [5.74, 6) is 1.36. The number of benzene rings is 1. The van der Waals surface area contributed by atoms with E-state index >= 15 is 0 Å². The van der Waals surface area contributed by atoms with Gasteiger partial charge in [-0.15, -0.1) is 0 Å². The van der Waals surface area contributed by atoms with Crippen molar-refractivity contribution in [3.63, 3.8) is 0 Å². The van der Waals surface area contributed by atoms with Gasteiger partial charge in [-0.05, 0) is 30.7 Å². The third kappa shape index (κ3) is 1.93. The lowest BCUT2D eigenvalue weighted by molar-refractivity contribution is 0.487. The molecule has 0 aliphatic carbocycles. The molecular weight excluding hydrogens is 248 g/mol. The van der Waals surface area contributed by atoms with Crippen LogP contribution in [0.2, 0.25) is 5.02 Å². The number of aromatic amines is 1. The molecule has 3 aromatic rings. The van der Waals surface area contributed by atoms with Crippen molar-refractivity contribution in [3.05, 3.63) is 53.3 Å². The van der Waals surface area contributed by atoms with Gasteiger partial charge in [0.15, 0.2) is 5.75 Å². The second-order valence-electron chi connectivity index (χ2n) is 4.08. The molecule has 0 bridgehead atoms. The van der Waals surface area contributed by atoms with Crippen molar-refractivity contribution in [1.82, 2.24) is 9.97 Å². The molecule has 0 radical (unpaired) electrons. The number of H-pyrrole nitrogens is 1. The maximum absolute atomic E-state index is 6.15. The Hall–Kier alpha value is -2.00. The highest BCUT2D eigenvalue weighted by molar-refractivity contribution is 6.32. The van der Waals surface area contributed by atoms with Gasteiger partial charge >= 0.3 is 0 Å². The minimum atomic E-state index is 0.603. The van der Waals surface area contributed by atoms with E-state index in [2.05, 4.69) is 9.97 Å². The van der Waals surface area contributed by atoms with Gasteiger partial charge in [-0.2, -0.15) is 0 Å². The largest absolute Gasteiger partial charge is 0.453 e. The first-order valence-electron chi connectivity index (χ1n) is 5.60. The number of ether oxygens (including phenoxy) is 1. The van der Waals surface area contributed by atoms with E-state index < -0.39 is 0 Å². The highest BCUT2D eigenvalue weighted by atomic mass is 35.5. The Morgan fingerprint density at radius 1 is 1.17 bits per heavy atom. The van der Waals surface area contributed by atoms with E-state index in [0.29, 0.717) is 10.8 Å². The Bertz CT molecular complexity index is 706. The number of hydrogen-bond acceptors (Lipinski definition) is 2. The zero-order valence-electron chi connectivity index (χ0n) is 9.77. The zero-order valence-corrected chi connectivity index (χ0v) is 10.5. The van der Waals surface area contributed by atoms with Crippen molar-refractivity contribution in [1.29, 1.82) is 0 Å². The summed E-state index contributed by atoms with van der Waals surface area (Å²) < 4.78 is 5.83. The molecule has 0 saturated carbocycles. The van der Waals surface area contributed by atoms with Crippen LogP contribution in [-0.4, -0.2) is 9.97 Å². The van der Waals surface area contributed by atoms with Gasteiger partial charge in [-0.25, -0.2) is 0 Å². The standard InChI is InChI=1S/C14H11ClN2O/c1-9-2-3-12(10(15)8-9)18-13-5-7-16-11-4-6-17-14(11)13/h2-8,17H,1H3. The Balaban J connectivity index is 2.03. The molecule has 90 valence electrons. The number of nitrogens with zero attached hydrogens (tertiary/aromatic N) is 1. The van der Waals surface area contributed by atoms with Crippen LogP contribution in [0.1, 0.15) is 5.56 Å². The Morgan fingerprint density at radius 2 is 2.06 bits per heavy atom. The third-order valence-corrected chi connectivity index (χ3v) is 3.01. The summed E-state index contributed by atoms with van der Waals surface area (Å²) in [6.07, 6.45) is 3.55. The van der Waals surface area contributed by atoms with Crippen molar-refractivity contribution < 1.29 is 4.74 Å². The van der Waals surface area contributed by atoms with Gasteiger partial charge in [0.2, 0.25) is 0 Å². The summed E-state index contributed by atoms with van der Waals surface area (Å²) in [6, 6.07) is 9.43. The Morgan fingerprint density at radius 3 is 2.89 bits per heavy atom. The molecule has 4 heteroatoms. The van der Waals surface area contributed by atoms with Gasteiger partial charge in [-0.1, -0.05) is 17.7 Å². The van der Waals surface area contributed by atoms with Gasteiger partial charge in [0.1, 0.15) is 11.3 Å². The third-order valence-electron chi connectivity index (χ3n) is 2.72. The zero-order chi connectivity index (χ0) is 12.5. The number of rotatable bonds is 2. The highest BCUT2D eigenvalue weighted by Crippen LogP contribution is 2.32. The molecule has 3 rings (SSSR count). The predicted molar refractivity (Wildman–Crippen MR) is 72.4 cm³/mol. The lowest BCUT2D eigenvalue weighted by atomic mass is 10.2. The molecule has 0 amide bonds. The molecule has 0 saturated heterocycles. The predicted octanol–water partition coefficient (Wildman–Crippen LogP) is 4.32. The summed E-state index contributed by atoms with van der Waals surface area (Å²) in [4.78, 5) is 7.34. The van der Waals surface area contributed by atoms with Gasteiger partial charge in [-0.3, -0.25) is 4.98 Å². The molecule has 18 heavy (non-hydrogen) atoms. The van der Waals surface area contributed by atoms with E-state index in [1.54, 1.807) is 6.20 Å². The van der Waals surface area contributed by atoms with Gasteiger partial charge < -0.3 is 9.72 Å². The summed E-state index contributed by atoms with van der Waals surface area (Å²) in [6.45, 7) is 1.99. The summed E-state index contributed by atoms with van der Waals surface area (Å²) in [5, 5.41) is 0.603. The fourth-order valence-electron chi connectivity index (χ4n) is 1.83. The van der Waals surface area contributed by atoms with Crippen LogP contribution < -0.4 is 4.74 Å². The van der Waals surface area contributed by atoms with Crippen LogP contribution in [0, 0.1) is 6.92 Å². The summed E-state index contributed by atoms with van der Waals surface area (Å²) in [7, 11) is 0. The molecule has 0 spiro atoms. The summed E-state index contributed by atoms with van der Waals surface area (Å²) in [5.41, 5.74) is 2.84. The molecule has 2 aromatic heterocycles. The maximum Gasteiger partial charge on any atom is 0.154 e. The molecule has 0 aliphatic rings. The average molecular weight is 259 g/mol. The molecule has 0 aliphatic heterocycles. The van der Waals surface area contributed by atoms with Crippen molar-refractivity contribution in [2.45, 2.75) is 6.92 Å². The molecule has 0 fully saturated rings. The van der Waals surface area contributed by atoms with E-state index in [9.17, 15) is 0 Å². The number of fused-ring (bicyclic) bond motifs is 1. The number of pyridine rings is 1. The SMILES string of the molecule is Cc1ccc(Oc2ccnc3cc[nH]c23)c(Cl)c1. The summed E-state index contributed by atoms with van der Waals surface area (Å²) >= 11 is 6.15. The highest BCUT2D eigenvalue weighted by Gasteiger charge is 2.07. The lowest BCUT2D eigenvalue weighted by Crippen LogP contribution is -1.88. The van der Waals surface area contributed by atoms with Crippen molar-refractivity contribution in [2.75, 3.05) is 0 Å². The van der Waals surface area contributed by atoms with Crippen LogP contribution in [-0.2, 0) is 0 Å². The average Bonchev–Trinajstić information content (AvgIpc) is 2.82. The fourth-order valence-corrected chi connectivity index (χ4v) is 2.10. The molecule has 1 N–H and O–H groups in total. The van der Waals surface area contributed by atoms with Gasteiger partial charge in [0.25, 0.3) is 0 Å². The van der Waals surface area contributed by atoms with E-state index in [4.69, 9.17) is 16.3 Å². The van der Waals surface area contributed by atoms with Gasteiger partial charge in [0, 0.05) is 18.5 Å².